The van der Waals surface area contributed by atoms with Crippen LogP contribution in [-0.2, 0) is 21.3 Å². The van der Waals surface area contributed by atoms with Crippen LogP contribution in [0.15, 0.2) is 37.1 Å². The van der Waals surface area contributed by atoms with Gasteiger partial charge in [-0.15, -0.1) is 0 Å². The molecule has 0 spiro atoms. The lowest BCUT2D eigenvalue weighted by atomic mass is 9.81. The van der Waals surface area contributed by atoms with Gasteiger partial charge in [0.2, 0.25) is 0 Å². The van der Waals surface area contributed by atoms with Crippen molar-refractivity contribution in [2.75, 3.05) is 6.61 Å². The lowest BCUT2D eigenvalue weighted by Gasteiger charge is -2.23. The molecule has 1 rings (SSSR count). The van der Waals surface area contributed by atoms with E-state index in [0.717, 1.165) is 25.5 Å². The Hall–Kier alpha value is -1.77. The number of hydrogen-bond donors (Lipinski definition) is 0. The number of hydrogen-bond acceptors (Lipinski definition) is 3. The van der Waals surface area contributed by atoms with Crippen molar-refractivity contribution >= 4 is 6.16 Å². The Morgan fingerprint density at radius 3 is 2.80 bits per heavy atom. The first-order valence-corrected chi connectivity index (χ1v) is 7.03. The molecule has 3 heteroatoms. The normalized spacial score (nSPS) is 10.9. The van der Waals surface area contributed by atoms with Crippen molar-refractivity contribution < 1.29 is 14.3 Å². The molecule has 0 aliphatic heterocycles. The van der Waals surface area contributed by atoms with Crippen molar-refractivity contribution in [3.8, 4) is 0 Å². The van der Waals surface area contributed by atoms with Crippen LogP contribution in [0.2, 0.25) is 0 Å². The third kappa shape index (κ3) is 5.08. The summed E-state index contributed by atoms with van der Waals surface area (Å²) in [7, 11) is 0. The van der Waals surface area contributed by atoms with E-state index >= 15 is 0 Å². The second-order valence-corrected chi connectivity index (χ2v) is 5.42. The van der Waals surface area contributed by atoms with Crippen LogP contribution < -0.4 is 0 Å². The van der Waals surface area contributed by atoms with Gasteiger partial charge in [-0.25, -0.2) is 4.79 Å². The first kappa shape index (κ1) is 16.3. The maximum atomic E-state index is 11.0. The number of carbonyl (C=O) groups is 1. The molecule has 0 aromatic heterocycles. The number of carbonyl (C=O) groups excluding carboxylic acids is 1. The summed E-state index contributed by atoms with van der Waals surface area (Å²) >= 11 is 0. The van der Waals surface area contributed by atoms with E-state index in [1.807, 2.05) is 0 Å². The van der Waals surface area contributed by atoms with E-state index < -0.39 is 6.16 Å². The van der Waals surface area contributed by atoms with E-state index in [1.165, 1.54) is 11.1 Å². The van der Waals surface area contributed by atoms with E-state index in [0.29, 0.717) is 6.61 Å². The second kappa shape index (κ2) is 7.73. The Bertz CT molecular complexity index is 449. The quantitative estimate of drug-likeness (QED) is 0.414. The Morgan fingerprint density at radius 2 is 2.15 bits per heavy atom. The zero-order chi connectivity index (χ0) is 15.0. The van der Waals surface area contributed by atoms with Crippen molar-refractivity contribution in [2.45, 2.75) is 45.4 Å². The smallest absolute Gasteiger partial charge is 0.434 e. The van der Waals surface area contributed by atoms with Crippen molar-refractivity contribution in [3.05, 3.63) is 48.2 Å². The highest BCUT2D eigenvalue weighted by atomic mass is 16.7. The molecule has 0 fully saturated rings. The molecule has 0 heterocycles. The van der Waals surface area contributed by atoms with Gasteiger partial charge in [0.15, 0.2) is 0 Å². The van der Waals surface area contributed by atoms with E-state index in [2.05, 4.69) is 56.4 Å². The molecule has 0 aliphatic rings. The molecule has 0 saturated carbocycles. The van der Waals surface area contributed by atoms with Crippen LogP contribution >= 0.6 is 0 Å². The summed E-state index contributed by atoms with van der Waals surface area (Å²) in [5.41, 5.74) is 2.81. The lowest BCUT2D eigenvalue weighted by Crippen LogP contribution is -2.15. The molecule has 0 aliphatic carbocycles. The molecule has 0 bridgehead atoms. The van der Waals surface area contributed by atoms with Crippen LogP contribution in [0.3, 0.4) is 0 Å². The standard InChI is InChI=1S/C17H24O3/c1-5-17(3,4)15-11-7-9-14(13-15)10-8-12-20-16(18)19-6-2/h6-7,9,11,13H,2,5,8,10,12H2,1,3-4H3. The molecule has 110 valence electrons. The van der Waals surface area contributed by atoms with Crippen LogP contribution in [-0.4, -0.2) is 12.8 Å². The Morgan fingerprint density at radius 1 is 1.40 bits per heavy atom. The topological polar surface area (TPSA) is 35.5 Å². The predicted molar refractivity (Wildman–Crippen MR) is 80.7 cm³/mol. The highest BCUT2D eigenvalue weighted by Crippen LogP contribution is 2.27. The molecule has 1 aromatic rings. The average molecular weight is 276 g/mol. The minimum atomic E-state index is -0.694. The molecular weight excluding hydrogens is 252 g/mol. The van der Waals surface area contributed by atoms with E-state index in [4.69, 9.17) is 4.74 Å². The fourth-order valence-electron chi connectivity index (χ4n) is 1.89. The molecule has 0 atom stereocenters. The third-order valence-electron chi connectivity index (χ3n) is 3.60. The summed E-state index contributed by atoms with van der Waals surface area (Å²) in [4.78, 5) is 11.0. The fraction of sp³-hybridized carbons (Fsp3) is 0.471. The Labute approximate surface area is 121 Å². The first-order chi connectivity index (χ1) is 9.49. The molecule has 20 heavy (non-hydrogen) atoms. The molecule has 0 amide bonds. The molecule has 3 nitrogen and oxygen atoms in total. The van der Waals surface area contributed by atoms with Gasteiger partial charge >= 0.3 is 6.16 Å². The van der Waals surface area contributed by atoms with Gasteiger partial charge in [0.05, 0.1) is 12.9 Å². The van der Waals surface area contributed by atoms with E-state index in [1.54, 1.807) is 0 Å². The van der Waals surface area contributed by atoms with Crippen LogP contribution in [0.5, 0.6) is 0 Å². The van der Waals surface area contributed by atoms with E-state index in [-0.39, 0.29) is 5.41 Å². The third-order valence-corrected chi connectivity index (χ3v) is 3.60. The van der Waals surface area contributed by atoms with Gasteiger partial charge in [-0.2, -0.15) is 0 Å². The molecule has 0 unspecified atom stereocenters. The average Bonchev–Trinajstić information content (AvgIpc) is 2.44. The maximum absolute atomic E-state index is 11.0. The Balaban J connectivity index is 2.47. The lowest BCUT2D eigenvalue weighted by molar-refractivity contribution is 0.0840. The molecule has 1 aromatic carbocycles. The van der Waals surface area contributed by atoms with Gasteiger partial charge in [0.1, 0.15) is 0 Å². The highest BCUT2D eigenvalue weighted by Gasteiger charge is 2.17. The van der Waals surface area contributed by atoms with Crippen molar-refractivity contribution in [2.24, 2.45) is 0 Å². The van der Waals surface area contributed by atoms with Crippen LogP contribution in [0, 0.1) is 0 Å². The minimum Gasteiger partial charge on any atom is -0.434 e. The van der Waals surface area contributed by atoms with Crippen LogP contribution in [0.25, 0.3) is 0 Å². The summed E-state index contributed by atoms with van der Waals surface area (Å²) in [6.45, 7) is 10.4. The van der Waals surface area contributed by atoms with Crippen molar-refractivity contribution in [1.29, 1.82) is 0 Å². The molecule has 0 radical (unpaired) electrons. The van der Waals surface area contributed by atoms with Gasteiger partial charge < -0.3 is 9.47 Å². The van der Waals surface area contributed by atoms with Crippen molar-refractivity contribution in [3.63, 3.8) is 0 Å². The SMILES string of the molecule is C=COC(=O)OCCCc1cccc(C(C)(C)CC)c1. The number of ether oxygens (including phenoxy) is 2. The van der Waals surface area contributed by atoms with Gasteiger partial charge in [-0.3, -0.25) is 0 Å². The predicted octanol–water partition coefficient (Wildman–Crippen LogP) is 4.60. The zero-order valence-electron chi connectivity index (χ0n) is 12.6. The van der Waals surface area contributed by atoms with Gasteiger partial charge in [0.25, 0.3) is 0 Å². The number of aryl methyl sites for hydroxylation is 1. The van der Waals surface area contributed by atoms with E-state index in [9.17, 15) is 4.79 Å². The summed E-state index contributed by atoms with van der Waals surface area (Å²) in [5.74, 6) is 0. The largest absolute Gasteiger partial charge is 0.513 e. The summed E-state index contributed by atoms with van der Waals surface area (Å²) in [5, 5.41) is 0. The number of benzene rings is 1. The first-order valence-electron chi connectivity index (χ1n) is 7.03. The second-order valence-electron chi connectivity index (χ2n) is 5.42. The Kier molecular flexibility index (Phi) is 6.29. The van der Waals surface area contributed by atoms with Gasteiger partial charge in [-0.05, 0) is 35.8 Å². The molecule has 0 N–H and O–H groups in total. The molecule has 0 saturated heterocycles. The van der Waals surface area contributed by atoms with Crippen molar-refractivity contribution in [1.82, 2.24) is 0 Å². The van der Waals surface area contributed by atoms with Crippen LogP contribution in [0.4, 0.5) is 4.79 Å². The summed E-state index contributed by atoms with van der Waals surface area (Å²) in [6.07, 6.45) is 3.14. The number of rotatable bonds is 7. The zero-order valence-corrected chi connectivity index (χ0v) is 12.6. The fourth-order valence-corrected chi connectivity index (χ4v) is 1.89. The maximum Gasteiger partial charge on any atom is 0.513 e. The molecular formula is C17H24O3. The van der Waals surface area contributed by atoms with Gasteiger partial charge in [0, 0.05) is 0 Å². The monoisotopic (exact) mass is 276 g/mol. The summed E-state index contributed by atoms with van der Waals surface area (Å²) < 4.78 is 9.37. The van der Waals surface area contributed by atoms with Crippen LogP contribution in [0.1, 0.15) is 44.7 Å². The summed E-state index contributed by atoms with van der Waals surface area (Å²) in [6, 6.07) is 8.61. The minimum absolute atomic E-state index is 0.195. The highest BCUT2D eigenvalue weighted by molar-refractivity contribution is 5.60. The van der Waals surface area contributed by atoms with Gasteiger partial charge in [-0.1, -0.05) is 51.6 Å².